The first kappa shape index (κ1) is 17.0. The van der Waals surface area contributed by atoms with E-state index >= 15 is 0 Å². The number of rotatable bonds is 7. The molecule has 2 rings (SSSR count). The maximum atomic E-state index is 12.3. The van der Waals surface area contributed by atoms with Crippen molar-refractivity contribution in [2.75, 3.05) is 32.7 Å². The van der Waals surface area contributed by atoms with Gasteiger partial charge in [0.05, 0.1) is 0 Å². The first-order valence-corrected chi connectivity index (χ1v) is 8.39. The van der Waals surface area contributed by atoms with E-state index in [4.69, 9.17) is 5.73 Å². The maximum Gasteiger partial charge on any atom is 0.226 e. The van der Waals surface area contributed by atoms with Gasteiger partial charge in [-0.05, 0) is 31.4 Å². The highest BCUT2D eigenvalue weighted by Gasteiger charge is 2.27. The number of likely N-dealkylation sites (tertiary alicyclic amines) is 1. The van der Waals surface area contributed by atoms with Crippen LogP contribution in [0.4, 0.5) is 0 Å². The summed E-state index contributed by atoms with van der Waals surface area (Å²) in [6.07, 6.45) is 1.17. The molecule has 0 radical (unpaired) electrons. The smallest absolute Gasteiger partial charge is 0.226 e. The van der Waals surface area contributed by atoms with Crippen molar-refractivity contribution in [1.29, 1.82) is 0 Å². The van der Waals surface area contributed by atoms with Crippen molar-refractivity contribution < 1.29 is 4.79 Å². The topological polar surface area (TPSA) is 49.6 Å². The number of hydrogen-bond acceptors (Lipinski definition) is 3. The zero-order valence-corrected chi connectivity index (χ0v) is 13.9. The molecule has 1 aliphatic heterocycles. The second-order valence-corrected chi connectivity index (χ2v) is 6.39. The van der Waals surface area contributed by atoms with Crippen LogP contribution in [0.3, 0.4) is 0 Å². The average Bonchev–Trinajstić information content (AvgIpc) is 2.99. The molecule has 2 N–H and O–H groups in total. The second-order valence-electron chi connectivity index (χ2n) is 6.39. The molecule has 1 saturated heterocycles. The molecule has 122 valence electrons. The zero-order chi connectivity index (χ0) is 15.9. The van der Waals surface area contributed by atoms with Gasteiger partial charge in [-0.1, -0.05) is 37.3 Å². The Morgan fingerprint density at radius 2 is 2.14 bits per heavy atom. The lowest BCUT2D eigenvalue weighted by Gasteiger charge is -2.27. The average molecular weight is 303 g/mol. The Labute approximate surface area is 134 Å². The van der Waals surface area contributed by atoms with Gasteiger partial charge >= 0.3 is 0 Å². The summed E-state index contributed by atoms with van der Waals surface area (Å²) in [7, 11) is 0. The normalized spacial score (nSPS) is 20.0. The molecule has 1 aliphatic rings. The molecule has 22 heavy (non-hydrogen) atoms. The molecule has 0 bridgehead atoms. The van der Waals surface area contributed by atoms with Gasteiger partial charge in [0.25, 0.3) is 0 Å². The SMILES string of the molecule is CCN(CC1CCN(Cc2ccccc2)C1)C(=O)C(C)CN. The molecule has 2 atom stereocenters. The molecule has 1 aromatic rings. The minimum atomic E-state index is -0.0678. The predicted octanol–water partition coefficient (Wildman–Crippen LogP) is 1.95. The van der Waals surface area contributed by atoms with Crippen LogP contribution in [0.5, 0.6) is 0 Å². The third-order valence-electron chi connectivity index (χ3n) is 4.57. The number of hydrogen-bond donors (Lipinski definition) is 1. The van der Waals surface area contributed by atoms with Crippen molar-refractivity contribution in [1.82, 2.24) is 9.80 Å². The summed E-state index contributed by atoms with van der Waals surface area (Å²) in [5.74, 6) is 0.714. The molecule has 1 aromatic carbocycles. The van der Waals surface area contributed by atoms with Crippen molar-refractivity contribution in [3.63, 3.8) is 0 Å². The Bertz CT molecular complexity index is 463. The Morgan fingerprint density at radius 1 is 1.41 bits per heavy atom. The van der Waals surface area contributed by atoms with Crippen LogP contribution in [0.1, 0.15) is 25.8 Å². The summed E-state index contributed by atoms with van der Waals surface area (Å²) in [6.45, 7) is 9.26. The van der Waals surface area contributed by atoms with Gasteiger partial charge in [0, 0.05) is 38.6 Å². The van der Waals surface area contributed by atoms with Gasteiger partial charge in [0.2, 0.25) is 5.91 Å². The van der Waals surface area contributed by atoms with Crippen LogP contribution in [-0.4, -0.2) is 48.4 Å². The molecule has 1 fully saturated rings. The molecule has 4 nitrogen and oxygen atoms in total. The Morgan fingerprint density at radius 3 is 2.77 bits per heavy atom. The summed E-state index contributed by atoms with van der Waals surface area (Å²) >= 11 is 0. The fourth-order valence-electron chi connectivity index (χ4n) is 3.15. The molecular formula is C18H29N3O. The van der Waals surface area contributed by atoms with E-state index in [2.05, 4.69) is 42.2 Å². The third-order valence-corrected chi connectivity index (χ3v) is 4.57. The van der Waals surface area contributed by atoms with E-state index in [1.54, 1.807) is 0 Å². The van der Waals surface area contributed by atoms with E-state index < -0.39 is 0 Å². The Kier molecular flexibility index (Phi) is 6.40. The summed E-state index contributed by atoms with van der Waals surface area (Å²) in [5.41, 5.74) is 6.99. The van der Waals surface area contributed by atoms with E-state index in [9.17, 15) is 4.79 Å². The quantitative estimate of drug-likeness (QED) is 0.837. The van der Waals surface area contributed by atoms with Crippen LogP contribution >= 0.6 is 0 Å². The number of carbonyl (C=O) groups excluding carboxylic acids is 1. The Hall–Kier alpha value is -1.39. The molecule has 2 unspecified atom stereocenters. The van der Waals surface area contributed by atoms with E-state index in [0.717, 1.165) is 32.7 Å². The minimum absolute atomic E-state index is 0.0678. The standard InChI is InChI=1S/C18H29N3O/c1-3-21(18(22)15(2)11-19)14-17-9-10-20(13-17)12-16-7-5-4-6-8-16/h4-8,15,17H,3,9-14,19H2,1-2H3. The molecule has 1 amide bonds. The highest BCUT2D eigenvalue weighted by molar-refractivity contribution is 5.78. The van der Waals surface area contributed by atoms with Crippen LogP contribution in [0.25, 0.3) is 0 Å². The fourth-order valence-corrected chi connectivity index (χ4v) is 3.15. The van der Waals surface area contributed by atoms with Crippen molar-refractivity contribution in [3.05, 3.63) is 35.9 Å². The highest BCUT2D eigenvalue weighted by atomic mass is 16.2. The van der Waals surface area contributed by atoms with Gasteiger partial charge in [0.1, 0.15) is 0 Å². The first-order chi connectivity index (χ1) is 10.6. The summed E-state index contributed by atoms with van der Waals surface area (Å²) in [5, 5.41) is 0. The highest BCUT2D eigenvalue weighted by Crippen LogP contribution is 2.20. The van der Waals surface area contributed by atoms with Crippen LogP contribution < -0.4 is 5.73 Å². The summed E-state index contributed by atoms with van der Waals surface area (Å²) in [4.78, 5) is 16.8. The lowest BCUT2D eigenvalue weighted by Crippen LogP contribution is -2.41. The van der Waals surface area contributed by atoms with Gasteiger partial charge in [-0.3, -0.25) is 9.69 Å². The molecule has 0 aliphatic carbocycles. The number of amides is 1. The van der Waals surface area contributed by atoms with E-state index in [-0.39, 0.29) is 11.8 Å². The maximum absolute atomic E-state index is 12.3. The molecule has 4 heteroatoms. The fraction of sp³-hybridized carbons (Fsp3) is 0.611. The van der Waals surface area contributed by atoms with Crippen LogP contribution in [0.2, 0.25) is 0 Å². The second kappa shape index (κ2) is 8.30. The number of carbonyl (C=O) groups is 1. The van der Waals surface area contributed by atoms with Gasteiger partial charge in [-0.2, -0.15) is 0 Å². The van der Waals surface area contributed by atoms with Crippen LogP contribution in [-0.2, 0) is 11.3 Å². The molecule has 0 spiro atoms. The van der Waals surface area contributed by atoms with Gasteiger partial charge in [-0.15, -0.1) is 0 Å². The van der Waals surface area contributed by atoms with Crippen molar-refractivity contribution >= 4 is 5.91 Å². The van der Waals surface area contributed by atoms with E-state index in [1.165, 1.54) is 12.0 Å². The largest absolute Gasteiger partial charge is 0.342 e. The van der Waals surface area contributed by atoms with Crippen LogP contribution in [0.15, 0.2) is 30.3 Å². The van der Waals surface area contributed by atoms with Gasteiger partial charge in [-0.25, -0.2) is 0 Å². The van der Waals surface area contributed by atoms with Crippen LogP contribution in [0, 0.1) is 11.8 Å². The monoisotopic (exact) mass is 303 g/mol. The molecule has 1 heterocycles. The minimum Gasteiger partial charge on any atom is -0.342 e. The van der Waals surface area contributed by atoms with Crippen molar-refractivity contribution in [3.8, 4) is 0 Å². The summed E-state index contributed by atoms with van der Waals surface area (Å²) < 4.78 is 0. The molecule has 0 aromatic heterocycles. The third kappa shape index (κ3) is 4.55. The van der Waals surface area contributed by atoms with E-state index in [0.29, 0.717) is 12.5 Å². The van der Waals surface area contributed by atoms with E-state index in [1.807, 2.05) is 11.8 Å². The number of nitrogens with two attached hydrogens (primary N) is 1. The van der Waals surface area contributed by atoms with Gasteiger partial charge in [0.15, 0.2) is 0 Å². The summed E-state index contributed by atoms with van der Waals surface area (Å²) in [6, 6.07) is 10.6. The lowest BCUT2D eigenvalue weighted by molar-refractivity contribution is -0.135. The first-order valence-electron chi connectivity index (χ1n) is 8.39. The number of benzene rings is 1. The molecular weight excluding hydrogens is 274 g/mol. The lowest BCUT2D eigenvalue weighted by atomic mass is 10.1. The van der Waals surface area contributed by atoms with Gasteiger partial charge < -0.3 is 10.6 Å². The number of nitrogens with zero attached hydrogens (tertiary/aromatic N) is 2. The Balaban J connectivity index is 1.83. The molecule has 0 saturated carbocycles. The van der Waals surface area contributed by atoms with Crippen molar-refractivity contribution in [2.45, 2.75) is 26.8 Å². The predicted molar refractivity (Wildman–Crippen MR) is 90.3 cm³/mol. The zero-order valence-electron chi connectivity index (χ0n) is 13.9. The van der Waals surface area contributed by atoms with Crippen molar-refractivity contribution in [2.24, 2.45) is 17.6 Å².